The number of anilines is 2. The van der Waals surface area contributed by atoms with Crippen LogP contribution < -0.4 is 10.6 Å². The van der Waals surface area contributed by atoms with Crippen LogP contribution in [0.2, 0.25) is 0 Å². The molecule has 0 radical (unpaired) electrons. The Kier molecular flexibility index (Phi) is 3.62. The number of aryl methyl sites for hydroxylation is 1. The molecule has 1 atom stereocenters. The third-order valence-electron chi connectivity index (χ3n) is 3.84. The van der Waals surface area contributed by atoms with Crippen LogP contribution >= 0.6 is 0 Å². The summed E-state index contributed by atoms with van der Waals surface area (Å²) >= 11 is 0. The number of aliphatic hydroxyl groups excluding tert-OH is 1. The molecule has 2 aromatic rings. The molecule has 3 rings (SSSR count). The summed E-state index contributed by atoms with van der Waals surface area (Å²) in [6, 6.07) is 14.6. The number of aliphatic hydroxyl groups is 1. The molecule has 3 N–H and O–H groups in total. The van der Waals surface area contributed by atoms with E-state index in [1.165, 1.54) is 0 Å². The number of nitrogen functional groups attached to an aromatic ring is 1. The first-order valence-corrected chi connectivity index (χ1v) is 7.09. The van der Waals surface area contributed by atoms with Gasteiger partial charge in [-0.2, -0.15) is 0 Å². The van der Waals surface area contributed by atoms with Crippen LogP contribution in [0.4, 0.5) is 11.4 Å². The Hall–Kier alpha value is -2.33. The van der Waals surface area contributed by atoms with Gasteiger partial charge in [-0.1, -0.05) is 30.3 Å². The van der Waals surface area contributed by atoms with E-state index in [0.717, 1.165) is 24.1 Å². The van der Waals surface area contributed by atoms with Crippen LogP contribution in [0.25, 0.3) is 0 Å². The predicted molar refractivity (Wildman–Crippen MR) is 82.9 cm³/mol. The molecule has 1 aliphatic heterocycles. The molecule has 1 heterocycles. The molecule has 4 heteroatoms. The molecule has 0 bridgehead atoms. The second-order valence-corrected chi connectivity index (χ2v) is 5.29. The standard InChI is InChI=1S/C17H18N2O2/c18-14-8-9-15-13(11-14)7-4-10-19(15)17(21)16(20)12-5-2-1-3-6-12/h1-3,5-6,8-9,11,16,20H,4,7,10,18H2. The van der Waals surface area contributed by atoms with E-state index in [9.17, 15) is 9.90 Å². The Bertz CT molecular complexity index is 655. The van der Waals surface area contributed by atoms with Crippen molar-refractivity contribution in [2.45, 2.75) is 18.9 Å². The van der Waals surface area contributed by atoms with Crippen molar-refractivity contribution in [1.29, 1.82) is 0 Å². The molecule has 0 saturated carbocycles. The number of fused-ring (bicyclic) bond motifs is 1. The summed E-state index contributed by atoms with van der Waals surface area (Å²) in [6.45, 7) is 0.625. The molecule has 0 fully saturated rings. The summed E-state index contributed by atoms with van der Waals surface area (Å²) in [5.74, 6) is -0.285. The Morgan fingerprint density at radius 2 is 1.95 bits per heavy atom. The van der Waals surface area contributed by atoms with E-state index in [2.05, 4.69) is 0 Å². The largest absolute Gasteiger partial charge is 0.399 e. The summed E-state index contributed by atoms with van der Waals surface area (Å²) in [5, 5.41) is 10.3. The van der Waals surface area contributed by atoms with Crippen LogP contribution in [0.15, 0.2) is 48.5 Å². The van der Waals surface area contributed by atoms with Crippen LogP contribution in [0, 0.1) is 0 Å². The molecule has 0 aromatic heterocycles. The second kappa shape index (κ2) is 5.58. The molecular formula is C17H18N2O2. The van der Waals surface area contributed by atoms with Crippen molar-refractivity contribution in [2.75, 3.05) is 17.2 Å². The van der Waals surface area contributed by atoms with Gasteiger partial charge in [-0.15, -0.1) is 0 Å². The lowest BCUT2D eigenvalue weighted by atomic mass is 9.99. The number of rotatable bonds is 2. The van der Waals surface area contributed by atoms with Crippen molar-refractivity contribution < 1.29 is 9.90 Å². The van der Waals surface area contributed by atoms with Gasteiger partial charge in [-0.25, -0.2) is 0 Å². The quantitative estimate of drug-likeness (QED) is 0.830. The average molecular weight is 282 g/mol. The van der Waals surface area contributed by atoms with Gasteiger partial charge in [-0.3, -0.25) is 4.79 Å². The van der Waals surface area contributed by atoms with Crippen LogP contribution in [0.1, 0.15) is 23.7 Å². The smallest absolute Gasteiger partial charge is 0.260 e. The van der Waals surface area contributed by atoms with Gasteiger partial charge in [0.1, 0.15) is 0 Å². The third kappa shape index (κ3) is 2.62. The summed E-state index contributed by atoms with van der Waals surface area (Å²) in [4.78, 5) is 14.3. The lowest BCUT2D eigenvalue weighted by Gasteiger charge is -2.31. The molecule has 0 saturated heterocycles. The number of nitrogens with zero attached hydrogens (tertiary/aromatic N) is 1. The maximum Gasteiger partial charge on any atom is 0.260 e. The molecule has 1 aliphatic rings. The van der Waals surface area contributed by atoms with E-state index in [0.29, 0.717) is 17.8 Å². The van der Waals surface area contributed by atoms with Crippen molar-refractivity contribution >= 4 is 17.3 Å². The fraction of sp³-hybridized carbons (Fsp3) is 0.235. The first-order chi connectivity index (χ1) is 10.2. The lowest BCUT2D eigenvalue weighted by molar-refractivity contribution is -0.127. The maximum atomic E-state index is 12.6. The van der Waals surface area contributed by atoms with E-state index in [1.54, 1.807) is 23.1 Å². The summed E-state index contributed by atoms with van der Waals surface area (Å²) in [6.07, 6.45) is 0.657. The first kappa shape index (κ1) is 13.6. The number of hydrogen-bond acceptors (Lipinski definition) is 3. The van der Waals surface area contributed by atoms with Crippen molar-refractivity contribution in [2.24, 2.45) is 0 Å². The number of amides is 1. The fourth-order valence-electron chi connectivity index (χ4n) is 2.77. The summed E-state index contributed by atoms with van der Waals surface area (Å²) < 4.78 is 0. The van der Waals surface area contributed by atoms with E-state index >= 15 is 0 Å². The van der Waals surface area contributed by atoms with Crippen LogP contribution in [0.3, 0.4) is 0 Å². The first-order valence-electron chi connectivity index (χ1n) is 7.09. The molecule has 0 aliphatic carbocycles. The highest BCUT2D eigenvalue weighted by Gasteiger charge is 2.28. The van der Waals surface area contributed by atoms with Gasteiger partial charge in [0.25, 0.3) is 5.91 Å². The Labute approximate surface area is 123 Å². The zero-order valence-electron chi connectivity index (χ0n) is 11.7. The number of benzene rings is 2. The van der Waals surface area contributed by atoms with Gasteiger partial charge < -0.3 is 15.7 Å². The zero-order valence-corrected chi connectivity index (χ0v) is 11.7. The SMILES string of the molecule is Nc1ccc2c(c1)CCCN2C(=O)C(O)c1ccccc1. The molecule has 1 unspecified atom stereocenters. The topological polar surface area (TPSA) is 66.6 Å². The van der Waals surface area contributed by atoms with Crippen molar-refractivity contribution in [3.8, 4) is 0 Å². The second-order valence-electron chi connectivity index (χ2n) is 5.29. The van der Waals surface area contributed by atoms with E-state index in [4.69, 9.17) is 5.73 Å². The lowest BCUT2D eigenvalue weighted by Crippen LogP contribution is -2.38. The highest BCUT2D eigenvalue weighted by atomic mass is 16.3. The minimum absolute atomic E-state index is 0.285. The van der Waals surface area contributed by atoms with Gasteiger partial charge in [-0.05, 0) is 42.2 Å². The molecule has 21 heavy (non-hydrogen) atoms. The normalized spacial score (nSPS) is 15.4. The van der Waals surface area contributed by atoms with Crippen LogP contribution in [0.5, 0.6) is 0 Å². The Morgan fingerprint density at radius 1 is 1.19 bits per heavy atom. The number of carbonyl (C=O) groups excluding carboxylic acids is 1. The number of hydrogen-bond donors (Lipinski definition) is 2. The monoisotopic (exact) mass is 282 g/mol. The number of carbonyl (C=O) groups is 1. The average Bonchev–Trinajstić information content (AvgIpc) is 2.53. The van der Waals surface area contributed by atoms with Crippen LogP contribution in [-0.4, -0.2) is 17.6 Å². The molecule has 0 spiro atoms. The van der Waals surface area contributed by atoms with Gasteiger partial charge in [0.05, 0.1) is 0 Å². The predicted octanol–water partition coefficient (Wildman–Crippen LogP) is 2.28. The molecule has 108 valence electrons. The van der Waals surface area contributed by atoms with Gasteiger partial charge >= 0.3 is 0 Å². The molecular weight excluding hydrogens is 264 g/mol. The van der Waals surface area contributed by atoms with Crippen molar-refractivity contribution in [3.63, 3.8) is 0 Å². The Morgan fingerprint density at radius 3 is 2.71 bits per heavy atom. The number of nitrogens with two attached hydrogens (primary N) is 1. The van der Waals surface area contributed by atoms with E-state index < -0.39 is 6.10 Å². The Balaban J connectivity index is 1.90. The van der Waals surface area contributed by atoms with Gasteiger partial charge in [0.15, 0.2) is 6.10 Å². The molecule has 1 amide bonds. The minimum Gasteiger partial charge on any atom is -0.399 e. The fourth-order valence-corrected chi connectivity index (χ4v) is 2.77. The minimum atomic E-state index is -1.13. The third-order valence-corrected chi connectivity index (χ3v) is 3.84. The van der Waals surface area contributed by atoms with Crippen molar-refractivity contribution in [1.82, 2.24) is 0 Å². The summed E-state index contributed by atoms with van der Waals surface area (Å²) in [7, 11) is 0. The molecule has 4 nitrogen and oxygen atoms in total. The highest BCUT2D eigenvalue weighted by molar-refractivity contribution is 5.98. The molecule has 2 aromatic carbocycles. The van der Waals surface area contributed by atoms with Gasteiger partial charge in [0, 0.05) is 17.9 Å². The van der Waals surface area contributed by atoms with Crippen LogP contribution in [-0.2, 0) is 11.2 Å². The maximum absolute atomic E-state index is 12.6. The van der Waals surface area contributed by atoms with E-state index in [-0.39, 0.29) is 5.91 Å². The van der Waals surface area contributed by atoms with Crippen molar-refractivity contribution in [3.05, 3.63) is 59.7 Å². The van der Waals surface area contributed by atoms with Gasteiger partial charge in [0.2, 0.25) is 0 Å². The summed E-state index contributed by atoms with van der Waals surface area (Å²) in [5.41, 5.74) is 9.04. The zero-order chi connectivity index (χ0) is 14.8. The van der Waals surface area contributed by atoms with E-state index in [1.807, 2.05) is 30.3 Å². The highest BCUT2D eigenvalue weighted by Crippen LogP contribution is 2.31.